The summed E-state index contributed by atoms with van der Waals surface area (Å²) in [5.41, 5.74) is 0. The van der Waals surface area contributed by atoms with Crippen molar-refractivity contribution in [2.24, 2.45) is 0 Å². The number of carboxylic acid groups (broad SMARTS) is 2. The van der Waals surface area contributed by atoms with E-state index in [1.165, 1.54) is 0 Å². The van der Waals surface area contributed by atoms with Gasteiger partial charge in [-0.15, -0.1) is 0 Å². The van der Waals surface area contributed by atoms with E-state index >= 15 is 0 Å². The number of aliphatic carboxylic acids is 2. The maximum Gasteiger partial charge on any atom is 0.317 e. The van der Waals surface area contributed by atoms with Crippen molar-refractivity contribution in [3.05, 3.63) is 0 Å². The van der Waals surface area contributed by atoms with Crippen LogP contribution < -0.4 is 5.32 Å². The monoisotopic (exact) mass is 359 g/mol. The van der Waals surface area contributed by atoms with Crippen LogP contribution in [0.5, 0.6) is 0 Å². The molecule has 1 rings (SSSR count). The van der Waals surface area contributed by atoms with Gasteiger partial charge in [-0.2, -0.15) is 0 Å². The third-order valence-electron chi connectivity index (χ3n) is 4.43. The predicted octanol–water partition coefficient (Wildman–Crippen LogP) is -1.77. The lowest BCUT2D eigenvalue weighted by molar-refractivity contribution is -0.138. The molecule has 0 radical (unpaired) electrons. The zero-order chi connectivity index (χ0) is 18.7. The summed E-state index contributed by atoms with van der Waals surface area (Å²) in [7, 11) is 4.18. The van der Waals surface area contributed by atoms with Crippen molar-refractivity contribution in [1.82, 2.24) is 24.9 Å². The summed E-state index contributed by atoms with van der Waals surface area (Å²) in [5.74, 6) is -1.66. The molecule has 1 saturated heterocycles. The molecule has 1 heterocycles. The number of nitrogens with one attached hydrogen (secondary N) is 1. The maximum absolute atomic E-state index is 11.1. The number of carbonyl (C=O) groups is 2. The molecule has 9 nitrogen and oxygen atoms in total. The molecule has 0 amide bonds. The van der Waals surface area contributed by atoms with E-state index in [4.69, 9.17) is 10.2 Å². The summed E-state index contributed by atoms with van der Waals surface area (Å²) < 4.78 is 0. The largest absolute Gasteiger partial charge is 0.480 e. The lowest BCUT2D eigenvalue weighted by Crippen LogP contribution is -2.46. The van der Waals surface area contributed by atoms with Crippen LogP contribution in [-0.4, -0.2) is 134 Å². The van der Waals surface area contributed by atoms with Gasteiger partial charge >= 0.3 is 11.9 Å². The number of nitrogens with zero attached hydrogens (tertiary/aromatic N) is 4. The molecule has 0 spiro atoms. The fraction of sp³-hybridized carbons (Fsp3) is 0.875. The van der Waals surface area contributed by atoms with Crippen molar-refractivity contribution in [1.29, 1.82) is 0 Å². The van der Waals surface area contributed by atoms with Crippen molar-refractivity contribution in [3.63, 3.8) is 0 Å². The molecule has 9 heteroatoms. The molecule has 0 aliphatic carbocycles. The van der Waals surface area contributed by atoms with Gasteiger partial charge in [-0.1, -0.05) is 0 Å². The highest BCUT2D eigenvalue weighted by Gasteiger charge is 2.15. The van der Waals surface area contributed by atoms with Gasteiger partial charge in [-0.25, -0.2) is 0 Å². The van der Waals surface area contributed by atoms with E-state index in [1.807, 2.05) is 4.90 Å². The Kier molecular flexibility index (Phi) is 10.6. The van der Waals surface area contributed by atoms with E-state index < -0.39 is 11.9 Å². The van der Waals surface area contributed by atoms with Gasteiger partial charge in [-0.3, -0.25) is 19.4 Å². The molecule has 146 valence electrons. The van der Waals surface area contributed by atoms with Crippen LogP contribution in [0.3, 0.4) is 0 Å². The summed E-state index contributed by atoms with van der Waals surface area (Å²) in [6, 6.07) is 0. The normalized spacial score (nSPS) is 20.7. The van der Waals surface area contributed by atoms with Crippen LogP contribution in [0.2, 0.25) is 0 Å². The minimum Gasteiger partial charge on any atom is -0.480 e. The van der Waals surface area contributed by atoms with Gasteiger partial charge in [0.2, 0.25) is 0 Å². The van der Waals surface area contributed by atoms with Crippen molar-refractivity contribution in [3.8, 4) is 0 Å². The smallest absolute Gasteiger partial charge is 0.317 e. The lowest BCUT2D eigenvalue weighted by Gasteiger charge is -2.31. The first-order valence-electron chi connectivity index (χ1n) is 8.83. The van der Waals surface area contributed by atoms with Crippen molar-refractivity contribution < 1.29 is 19.8 Å². The van der Waals surface area contributed by atoms with Gasteiger partial charge in [0.1, 0.15) is 0 Å². The molecular formula is C16H33N5O4. The second-order valence-electron chi connectivity index (χ2n) is 6.69. The Morgan fingerprint density at radius 1 is 0.800 bits per heavy atom. The van der Waals surface area contributed by atoms with Crippen LogP contribution in [0.25, 0.3) is 0 Å². The quantitative estimate of drug-likeness (QED) is 0.456. The molecule has 1 fully saturated rings. The standard InChI is InChI=1S/C16H33N5O4/c1-18-5-6-19(2)8-10-21(14-16(24)25)12-11-20(9-7-18)4-3-17-13-15(22)23/h17H,3-14H2,1-2H3,(H,22,23)(H,24,25). The zero-order valence-electron chi connectivity index (χ0n) is 15.5. The van der Waals surface area contributed by atoms with Gasteiger partial charge < -0.3 is 25.3 Å². The molecule has 3 N–H and O–H groups in total. The third-order valence-corrected chi connectivity index (χ3v) is 4.43. The van der Waals surface area contributed by atoms with Crippen LogP contribution in [0.15, 0.2) is 0 Å². The second kappa shape index (κ2) is 12.2. The number of hydrogen-bond donors (Lipinski definition) is 3. The molecule has 1 aliphatic heterocycles. The number of hydrogen-bond acceptors (Lipinski definition) is 7. The predicted molar refractivity (Wildman–Crippen MR) is 96.0 cm³/mol. The summed E-state index contributed by atoms with van der Waals surface area (Å²) in [6.45, 7) is 8.19. The topological polar surface area (TPSA) is 99.6 Å². The summed E-state index contributed by atoms with van der Waals surface area (Å²) >= 11 is 0. The minimum absolute atomic E-state index is 0.0365. The van der Waals surface area contributed by atoms with Gasteiger partial charge in [0.05, 0.1) is 13.1 Å². The molecule has 25 heavy (non-hydrogen) atoms. The van der Waals surface area contributed by atoms with Gasteiger partial charge in [-0.05, 0) is 14.1 Å². The van der Waals surface area contributed by atoms with Crippen LogP contribution in [0, 0.1) is 0 Å². The van der Waals surface area contributed by atoms with Gasteiger partial charge in [0, 0.05) is 65.4 Å². The highest BCUT2D eigenvalue weighted by molar-refractivity contribution is 5.69. The fourth-order valence-corrected chi connectivity index (χ4v) is 2.70. The van der Waals surface area contributed by atoms with E-state index in [1.54, 1.807) is 0 Å². The molecule has 0 atom stereocenters. The lowest BCUT2D eigenvalue weighted by atomic mass is 10.3. The highest BCUT2D eigenvalue weighted by atomic mass is 16.4. The first-order valence-corrected chi connectivity index (χ1v) is 8.83. The van der Waals surface area contributed by atoms with E-state index in [2.05, 4.69) is 34.1 Å². The summed E-state index contributed by atoms with van der Waals surface area (Å²) in [5, 5.41) is 20.7. The van der Waals surface area contributed by atoms with E-state index in [0.717, 1.165) is 52.4 Å². The molecule has 1 aliphatic rings. The third kappa shape index (κ3) is 11.1. The summed E-state index contributed by atoms with van der Waals surface area (Å²) in [6.07, 6.45) is 0. The zero-order valence-corrected chi connectivity index (χ0v) is 15.5. The SMILES string of the molecule is CN1CCN(C)CCN(CC(=O)O)CCN(CCNCC(=O)O)CC1. The van der Waals surface area contributed by atoms with E-state index in [9.17, 15) is 9.59 Å². The molecule has 0 aromatic rings. The molecule has 0 unspecified atom stereocenters. The molecule has 0 saturated carbocycles. The van der Waals surface area contributed by atoms with E-state index in [-0.39, 0.29) is 13.1 Å². The number of likely N-dealkylation sites (N-methyl/N-ethyl adjacent to an activating group) is 2. The molecule has 0 aromatic carbocycles. The van der Waals surface area contributed by atoms with Crippen molar-refractivity contribution in [2.45, 2.75) is 0 Å². The molecule has 0 bridgehead atoms. The Morgan fingerprint density at radius 2 is 1.28 bits per heavy atom. The Balaban J connectivity index is 2.56. The van der Waals surface area contributed by atoms with Crippen LogP contribution >= 0.6 is 0 Å². The average Bonchev–Trinajstić information content (AvgIpc) is 2.54. The minimum atomic E-state index is -0.856. The first-order chi connectivity index (χ1) is 11.9. The van der Waals surface area contributed by atoms with Crippen LogP contribution in [0.4, 0.5) is 0 Å². The Bertz CT molecular complexity index is 410. The van der Waals surface area contributed by atoms with Crippen molar-refractivity contribution in [2.75, 3.05) is 92.6 Å². The van der Waals surface area contributed by atoms with Gasteiger partial charge in [0.25, 0.3) is 0 Å². The molecular weight excluding hydrogens is 326 g/mol. The second-order valence-corrected chi connectivity index (χ2v) is 6.69. The Hall–Kier alpha value is -1.26. The fourth-order valence-electron chi connectivity index (χ4n) is 2.70. The highest BCUT2D eigenvalue weighted by Crippen LogP contribution is 1.98. The maximum atomic E-state index is 11.1. The Labute approximate surface area is 150 Å². The van der Waals surface area contributed by atoms with E-state index in [0.29, 0.717) is 13.1 Å². The van der Waals surface area contributed by atoms with Crippen molar-refractivity contribution >= 4 is 11.9 Å². The van der Waals surface area contributed by atoms with Crippen LogP contribution in [-0.2, 0) is 9.59 Å². The van der Waals surface area contributed by atoms with Gasteiger partial charge in [0.15, 0.2) is 0 Å². The number of carboxylic acids is 2. The average molecular weight is 359 g/mol. The Morgan fingerprint density at radius 3 is 1.84 bits per heavy atom. The molecule has 0 aromatic heterocycles. The first kappa shape index (κ1) is 21.8. The number of rotatable bonds is 7. The summed E-state index contributed by atoms with van der Waals surface area (Å²) in [4.78, 5) is 30.4. The van der Waals surface area contributed by atoms with Crippen LogP contribution in [0.1, 0.15) is 0 Å².